The molecule has 0 N–H and O–H groups in total. The Hall–Kier alpha value is -3.63. The van der Waals surface area contributed by atoms with Crippen LogP contribution in [0, 0.1) is 11.3 Å². The van der Waals surface area contributed by atoms with Crippen molar-refractivity contribution < 1.29 is 17.9 Å². The van der Waals surface area contributed by atoms with E-state index in [9.17, 15) is 13.2 Å². The van der Waals surface area contributed by atoms with Gasteiger partial charge in [-0.1, -0.05) is 42.5 Å². The number of carbonyl (C=O) groups is 1. The third kappa shape index (κ3) is 3.90. The van der Waals surface area contributed by atoms with Crippen molar-refractivity contribution in [2.75, 3.05) is 4.31 Å². The van der Waals surface area contributed by atoms with E-state index in [0.717, 1.165) is 5.56 Å². The number of benzene rings is 3. The summed E-state index contributed by atoms with van der Waals surface area (Å²) >= 11 is 0. The third-order valence-electron chi connectivity index (χ3n) is 5.27. The number of carbonyl (C=O) groups excluding carboxylic acids is 1. The van der Waals surface area contributed by atoms with Crippen molar-refractivity contribution in [1.82, 2.24) is 0 Å². The molecule has 4 rings (SSSR count). The molecule has 0 radical (unpaired) electrons. The number of nitrogens with zero attached hydrogens (tertiary/aromatic N) is 2. The maximum atomic E-state index is 13.4. The Morgan fingerprint density at radius 2 is 1.84 bits per heavy atom. The summed E-state index contributed by atoms with van der Waals surface area (Å²) in [6.45, 7) is 1.79. The highest BCUT2D eigenvalue weighted by atomic mass is 32.2. The van der Waals surface area contributed by atoms with E-state index in [1.54, 1.807) is 30.3 Å². The summed E-state index contributed by atoms with van der Waals surface area (Å²) in [6.07, 6.45) is 0.634. The molecule has 0 bridgehead atoms. The molecule has 0 unspecified atom stereocenters. The molecule has 7 heteroatoms. The highest BCUT2D eigenvalue weighted by Crippen LogP contribution is 2.36. The van der Waals surface area contributed by atoms with Gasteiger partial charge in [0.25, 0.3) is 10.0 Å². The lowest BCUT2D eigenvalue weighted by molar-refractivity contribution is 0.0472. The number of ether oxygens (including phenoxy) is 1. The molecule has 0 fully saturated rings. The SMILES string of the molecule is C[C@@H]1Cc2ccccc2N1S(=O)(=O)c1cccc(C(=O)OCc2ccccc2C#N)c1. The van der Waals surface area contributed by atoms with Crippen LogP contribution in [0.25, 0.3) is 0 Å². The Bertz CT molecular complexity index is 1290. The summed E-state index contributed by atoms with van der Waals surface area (Å²) in [5.41, 5.74) is 2.79. The Kier molecular flexibility index (Phi) is 5.49. The van der Waals surface area contributed by atoms with Crippen LogP contribution in [0.5, 0.6) is 0 Å². The molecule has 1 heterocycles. The van der Waals surface area contributed by atoms with Gasteiger partial charge in [-0.05, 0) is 49.2 Å². The van der Waals surface area contributed by atoms with Crippen molar-refractivity contribution >= 4 is 21.7 Å². The zero-order valence-corrected chi connectivity index (χ0v) is 17.7. The zero-order chi connectivity index (χ0) is 22.0. The number of para-hydroxylation sites is 1. The van der Waals surface area contributed by atoms with Crippen LogP contribution < -0.4 is 4.31 Å². The maximum Gasteiger partial charge on any atom is 0.338 e. The van der Waals surface area contributed by atoms with Gasteiger partial charge in [0, 0.05) is 11.6 Å². The zero-order valence-electron chi connectivity index (χ0n) is 16.9. The number of hydrogen-bond donors (Lipinski definition) is 0. The molecule has 0 aromatic heterocycles. The first-order valence-corrected chi connectivity index (χ1v) is 11.2. The lowest BCUT2D eigenvalue weighted by Crippen LogP contribution is -2.35. The lowest BCUT2D eigenvalue weighted by Gasteiger charge is -2.24. The van der Waals surface area contributed by atoms with E-state index in [2.05, 4.69) is 6.07 Å². The van der Waals surface area contributed by atoms with Crippen molar-refractivity contribution in [2.45, 2.75) is 30.9 Å². The van der Waals surface area contributed by atoms with E-state index in [4.69, 9.17) is 10.00 Å². The van der Waals surface area contributed by atoms with Gasteiger partial charge in [-0.25, -0.2) is 13.2 Å². The second kappa shape index (κ2) is 8.25. The molecular weight excluding hydrogens is 412 g/mol. The summed E-state index contributed by atoms with van der Waals surface area (Å²) < 4.78 is 33.5. The van der Waals surface area contributed by atoms with Gasteiger partial charge >= 0.3 is 5.97 Å². The minimum absolute atomic E-state index is 0.0305. The molecule has 0 amide bonds. The molecule has 0 spiro atoms. The Labute approximate surface area is 181 Å². The number of anilines is 1. The van der Waals surface area contributed by atoms with E-state index in [0.29, 0.717) is 23.2 Å². The Morgan fingerprint density at radius 1 is 1.10 bits per heavy atom. The number of hydrogen-bond acceptors (Lipinski definition) is 5. The highest BCUT2D eigenvalue weighted by Gasteiger charge is 2.36. The molecule has 3 aromatic rings. The number of fused-ring (bicyclic) bond motifs is 1. The summed E-state index contributed by atoms with van der Waals surface area (Å²) in [4.78, 5) is 12.6. The molecule has 0 saturated heterocycles. The number of rotatable bonds is 5. The fourth-order valence-electron chi connectivity index (χ4n) is 3.78. The minimum Gasteiger partial charge on any atom is -0.457 e. The summed E-state index contributed by atoms with van der Waals surface area (Å²) in [6, 6.07) is 21.9. The average Bonchev–Trinajstić information content (AvgIpc) is 3.14. The molecule has 1 aliphatic heterocycles. The molecule has 31 heavy (non-hydrogen) atoms. The van der Waals surface area contributed by atoms with Gasteiger partial charge in [0.2, 0.25) is 0 Å². The van der Waals surface area contributed by atoms with Crippen molar-refractivity contribution in [3.8, 4) is 6.07 Å². The average molecular weight is 433 g/mol. The summed E-state index contributed by atoms with van der Waals surface area (Å²) in [5.74, 6) is -0.653. The molecule has 0 saturated carbocycles. The first kappa shape index (κ1) is 20.6. The van der Waals surface area contributed by atoms with Crippen molar-refractivity contribution in [2.24, 2.45) is 0 Å². The predicted octanol–water partition coefficient (Wildman–Crippen LogP) is 4.06. The number of nitriles is 1. The highest BCUT2D eigenvalue weighted by molar-refractivity contribution is 7.92. The number of esters is 1. The van der Waals surface area contributed by atoms with Crippen molar-refractivity contribution in [1.29, 1.82) is 5.26 Å². The predicted molar refractivity (Wildman–Crippen MR) is 116 cm³/mol. The second-order valence-electron chi connectivity index (χ2n) is 7.36. The minimum atomic E-state index is -3.85. The quantitative estimate of drug-likeness (QED) is 0.568. The van der Waals surface area contributed by atoms with Crippen molar-refractivity contribution in [3.63, 3.8) is 0 Å². The molecule has 1 aliphatic rings. The monoisotopic (exact) mass is 432 g/mol. The van der Waals surface area contributed by atoms with Crippen LogP contribution in [0.3, 0.4) is 0 Å². The molecule has 6 nitrogen and oxygen atoms in total. The van der Waals surface area contributed by atoms with E-state index in [1.165, 1.54) is 28.6 Å². The maximum absolute atomic E-state index is 13.4. The van der Waals surface area contributed by atoms with Gasteiger partial charge < -0.3 is 4.74 Å². The fourth-order valence-corrected chi connectivity index (χ4v) is 5.52. The molecule has 0 aliphatic carbocycles. The van der Waals surface area contributed by atoms with Gasteiger partial charge in [-0.15, -0.1) is 0 Å². The summed E-state index contributed by atoms with van der Waals surface area (Å²) in [7, 11) is -3.85. The Morgan fingerprint density at radius 3 is 2.65 bits per heavy atom. The first-order valence-electron chi connectivity index (χ1n) is 9.79. The normalized spacial score (nSPS) is 15.2. The Balaban J connectivity index is 1.58. The van der Waals surface area contributed by atoms with Crippen LogP contribution in [0.2, 0.25) is 0 Å². The van der Waals surface area contributed by atoms with Crippen LogP contribution in [0.1, 0.15) is 34.0 Å². The fraction of sp³-hybridized carbons (Fsp3) is 0.167. The molecular formula is C24H20N2O4S. The third-order valence-corrected chi connectivity index (χ3v) is 7.19. The van der Waals surface area contributed by atoms with E-state index < -0.39 is 16.0 Å². The van der Waals surface area contributed by atoms with Crippen LogP contribution in [-0.4, -0.2) is 20.4 Å². The van der Waals surface area contributed by atoms with E-state index >= 15 is 0 Å². The summed E-state index contributed by atoms with van der Waals surface area (Å²) in [5, 5.41) is 9.16. The lowest BCUT2D eigenvalue weighted by atomic mass is 10.1. The molecule has 156 valence electrons. The van der Waals surface area contributed by atoms with Crippen LogP contribution in [0.4, 0.5) is 5.69 Å². The largest absolute Gasteiger partial charge is 0.457 e. The molecule has 3 aromatic carbocycles. The van der Waals surface area contributed by atoms with Gasteiger partial charge in [0.15, 0.2) is 0 Å². The van der Waals surface area contributed by atoms with Gasteiger partial charge in [-0.3, -0.25) is 4.31 Å². The van der Waals surface area contributed by atoms with Gasteiger partial charge in [0.1, 0.15) is 6.61 Å². The van der Waals surface area contributed by atoms with Crippen LogP contribution in [0.15, 0.2) is 77.7 Å². The van der Waals surface area contributed by atoms with Crippen molar-refractivity contribution in [3.05, 3.63) is 95.1 Å². The van der Waals surface area contributed by atoms with Gasteiger partial charge in [-0.2, -0.15) is 5.26 Å². The van der Waals surface area contributed by atoms with Crippen LogP contribution in [-0.2, 0) is 27.8 Å². The standard InChI is InChI=1S/C24H20N2O4S/c1-17-13-18-7-4-5-12-23(18)26(17)31(28,29)22-11-6-10-19(14-22)24(27)30-16-21-9-3-2-8-20(21)15-25/h2-12,14,17H,13,16H2,1H3/t17-/m1/s1. The first-order chi connectivity index (χ1) is 14.9. The van der Waals surface area contributed by atoms with E-state index in [1.807, 2.05) is 25.1 Å². The van der Waals surface area contributed by atoms with Crippen LogP contribution >= 0.6 is 0 Å². The smallest absolute Gasteiger partial charge is 0.338 e. The van der Waals surface area contributed by atoms with Gasteiger partial charge in [0.05, 0.1) is 27.8 Å². The van der Waals surface area contributed by atoms with E-state index in [-0.39, 0.29) is 23.1 Å². The molecule has 1 atom stereocenters. The second-order valence-corrected chi connectivity index (χ2v) is 9.17. The number of sulfonamides is 1. The topological polar surface area (TPSA) is 87.5 Å².